The van der Waals surface area contributed by atoms with Gasteiger partial charge in [-0.2, -0.15) is 0 Å². The predicted octanol–water partition coefficient (Wildman–Crippen LogP) is 1.83. The van der Waals surface area contributed by atoms with Crippen molar-refractivity contribution < 1.29 is 14.9 Å². The number of halogens is 1. The minimum Gasteiger partial charge on any atom is -0.504 e. The molecule has 2 N–H and O–H groups in total. The summed E-state index contributed by atoms with van der Waals surface area (Å²) in [6, 6.07) is 4.75. The summed E-state index contributed by atoms with van der Waals surface area (Å²) in [5.41, 5.74) is 0.713. The third-order valence-corrected chi connectivity index (χ3v) is 2.20. The van der Waals surface area contributed by atoms with E-state index < -0.39 is 4.11 Å². The molecule has 0 heterocycles. The molecule has 1 aromatic rings. The summed E-state index contributed by atoms with van der Waals surface area (Å²) in [6.07, 6.45) is 0. The second kappa shape index (κ2) is 3.95. The number of methoxy groups -OCH3 is 1. The van der Waals surface area contributed by atoms with Gasteiger partial charge in [-0.05, 0) is 40.3 Å². The molecule has 66 valence electrons. The molecule has 3 nitrogen and oxygen atoms in total. The van der Waals surface area contributed by atoms with Gasteiger partial charge in [0.25, 0.3) is 0 Å². The topological polar surface area (TPSA) is 49.7 Å². The minimum absolute atomic E-state index is 0.0818. The van der Waals surface area contributed by atoms with Crippen LogP contribution in [0.25, 0.3) is 0 Å². The number of hydrogen-bond donors (Lipinski definition) is 2. The maximum atomic E-state index is 9.21. The van der Waals surface area contributed by atoms with E-state index in [0.717, 1.165) is 0 Å². The number of phenolic OH excluding ortho intramolecular Hbond substituents is 1. The zero-order chi connectivity index (χ0) is 9.14. The summed E-state index contributed by atoms with van der Waals surface area (Å²) in [7, 11) is 1.47. The Bertz CT molecular complexity index is 273. The lowest BCUT2D eigenvalue weighted by Crippen LogP contribution is -1.89. The van der Waals surface area contributed by atoms with E-state index in [1.54, 1.807) is 12.1 Å². The molecule has 1 aromatic carbocycles. The van der Waals surface area contributed by atoms with E-state index >= 15 is 0 Å². The van der Waals surface area contributed by atoms with Gasteiger partial charge < -0.3 is 14.9 Å². The first-order valence-electron chi connectivity index (χ1n) is 3.34. The van der Waals surface area contributed by atoms with Gasteiger partial charge in [-0.15, -0.1) is 0 Å². The van der Waals surface area contributed by atoms with Crippen molar-refractivity contribution in [3.63, 3.8) is 0 Å². The summed E-state index contributed by atoms with van der Waals surface area (Å²) in [6.45, 7) is 0. The highest BCUT2D eigenvalue weighted by Crippen LogP contribution is 2.30. The second-order valence-electron chi connectivity index (χ2n) is 2.27. The highest BCUT2D eigenvalue weighted by atomic mass is 127. The van der Waals surface area contributed by atoms with Crippen molar-refractivity contribution in [2.75, 3.05) is 7.11 Å². The Hall–Kier alpha value is -0.490. The Morgan fingerprint density at radius 1 is 1.50 bits per heavy atom. The molecule has 0 radical (unpaired) electrons. The summed E-state index contributed by atoms with van der Waals surface area (Å²) in [5.74, 6) is 0.460. The molecule has 1 rings (SSSR count). The van der Waals surface area contributed by atoms with Crippen LogP contribution in [0, 0.1) is 0 Å². The number of hydrogen-bond acceptors (Lipinski definition) is 3. The number of benzene rings is 1. The van der Waals surface area contributed by atoms with Crippen LogP contribution >= 0.6 is 22.6 Å². The van der Waals surface area contributed by atoms with Gasteiger partial charge in [0.05, 0.1) is 7.11 Å². The summed E-state index contributed by atoms with van der Waals surface area (Å²) in [4.78, 5) is 0. The highest BCUT2D eigenvalue weighted by molar-refractivity contribution is 14.1. The minimum atomic E-state index is -0.572. The monoisotopic (exact) mass is 280 g/mol. The fraction of sp³-hybridized carbons (Fsp3) is 0.250. The maximum absolute atomic E-state index is 9.21. The molecule has 1 unspecified atom stereocenters. The van der Waals surface area contributed by atoms with E-state index in [4.69, 9.17) is 4.74 Å². The van der Waals surface area contributed by atoms with E-state index in [2.05, 4.69) is 0 Å². The number of phenols is 1. The largest absolute Gasteiger partial charge is 0.504 e. The van der Waals surface area contributed by atoms with Crippen molar-refractivity contribution >= 4 is 22.6 Å². The summed E-state index contributed by atoms with van der Waals surface area (Å²) >= 11 is 1.87. The molecule has 0 aromatic heterocycles. The lowest BCUT2D eigenvalue weighted by molar-refractivity contribution is 0.285. The fourth-order valence-corrected chi connectivity index (χ4v) is 1.23. The van der Waals surface area contributed by atoms with Gasteiger partial charge in [-0.25, -0.2) is 0 Å². The first-order valence-corrected chi connectivity index (χ1v) is 4.58. The quantitative estimate of drug-likeness (QED) is 0.642. The molecule has 0 saturated carbocycles. The molecule has 0 saturated heterocycles. The van der Waals surface area contributed by atoms with Crippen LogP contribution in [-0.4, -0.2) is 17.3 Å². The zero-order valence-electron chi connectivity index (χ0n) is 6.49. The maximum Gasteiger partial charge on any atom is 0.160 e. The number of aliphatic hydroxyl groups is 1. The first kappa shape index (κ1) is 9.60. The molecule has 0 aliphatic heterocycles. The summed E-state index contributed by atoms with van der Waals surface area (Å²) in [5, 5.41) is 18.4. The molecule has 0 spiro atoms. The van der Waals surface area contributed by atoms with Crippen LogP contribution in [0.2, 0.25) is 0 Å². The zero-order valence-corrected chi connectivity index (χ0v) is 8.65. The van der Waals surface area contributed by atoms with E-state index in [0.29, 0.717) is 11.3 Å². The van der Waals surface area contributed by atoms with Gasteiger partial charge in [0.1, 0.15) is 4.11 Å². The van der Waals surface area contributed by atoms with Crippen molar-refractivity contribution in [1.82, 2.24) is 0 Å². The van der Waals surface area contributed by atoms with Gasteiger partial charge in [-0.3, -0.25) is 0 Å². The molecule has 4 heteroatoms. The van der Waals surface area contributed by atoms with E-state index in [1.807, 2.05) is 22.6 Å². The van der Waals surface area contributed by atoms with Crippen LogP contribution in [0.1, 0.15) is 9.67 Å². The first-order chi connectivity index (χ1) is 5.65. The molecular formula is C8H9IO3. The molecular weight excluding hydrogens is 271 g/mol. The van der Waals surface area contributed by atoms with Gasteiger partial charge in [0.2, 0.25) is 0 Å². The van der Waals surface area contributed by atoms with Crippen molar-refractivity contribution in [1.29, 1.82) is 0 Å². The van der Waals surface area contributed by atoms with Gasteiger partial charge in [-0.1, -0.05) is 6.07 Å². The van der Waals surface area contributed by atoms with Crippen molar-refractivity contribution in [2.24, 2.45) is 0 Å². The summed E-state index contributed by atoms with van der Waals surface area (Å²) < 4.78 is 4.30. The van der Waals surface area contributed by atoms with Gasteiger partial charge >= 0.3 is 0 Å². The normalized spacial score (nSPS) is 12.6. The molecule has 0 bridgehead atoms. The van der Waals surface area contributed by atoms with Crippen LogP contribution in [-0.2, 0) is 0 Å². The lowest BCUT2D eigenvalue weighted by atomic mass is 10.2. The average Bonchev–Trinajstić information content (AvgIpc) is 2.05. The van der Waals surface area contributed by atoms with Crippen LogP contribution in [0.3, 0.4) is 0 Å². The average molecular weight is 280 g/mol. The fourth-order valence-electron chi connectivity index (χ4n) is 0.842. The van der Waals surface area contributed by atoms with Crippen LogP contribution < -0.4 is 4.74 Å². The van der Waals surface area contributed by atoms with Crippen molar-refractivity contribution in [2.45, 2.75) is 4.11 Å². The van der Waals surface area contributed by atoms with Crippen LogP contribution in [0.5, 0.6) is 11.5 Å². The second-order valence-corrected chi connectivity index (χ2v) is 3.45. The highest BCUT2D eigenvalue weighted by Gasteiger charge is 2.06. The molecule has 1 atom stereocenters. The number of rotatable bonds is 2. The van der Waals surface area contributed by atoms with Gasteiger partial charge in [0.15, 0.2) is 11.5 Å². The smallest absolute Gasteiger partial charge is 0.160 e. The number of aliphatic hydroxyl groups excluding tert-OH is 1. The molecule has 0 aliphatic rings. The van der Waals surface area contributed by atoms with Crippen LogP contribution in [0.15, 0.2) is 18.2 Å². The molecule has 0 amide bonds. The number of ether oxygens (including phenoxy) is 1. The Morgan fingerprint density at radius 2 is 2.17 bits per heavy atom. The van der Waals surface area contributed by atoms with Crippen molar-refractivity contribution in [3.05, 3.63) is 23.8 Å². The standard InChI is InChI=1S/C8H9IO3/c1-12-7-4-5(8(9)11)2-3-6(7)10/h2-4,8,10-11H,1H3. The number of aromatic hydroxyl groups is 1. The SMILES string of the molecule is COc1cc(C(O)I)ccc1O. The third-order valence-electron chi connectivity index (χ3n) is 1.48. The van der Waals surface area contributed by atoms with Crippen molar-refractivity contribution in [3.8, 4) is 11.5 Å². The van der Waals surface area contributed by atoms with E-state index in [-0.39, 0.29) is 5.75 Å². The van der Waals surface area contributed by atoms with Crippen LogP contribution in [0.4, 0.5) is 0 Å². The molecule has 0 aliphatic carbocycles. The predicted molar refractivity (Wildman–Crippen MR) is 53.6 cm³/mol. The lowest BCUT2D eigenvalue weighted by Gasteiger charge is -2.07. The Kier molecular flexibility index (Phi) is 3.16. The van der Waals surface area contributed by atoms with Gasteiger partial charge in [0, 0.05) is 0 Å². The Balaban J connectivity index is 3.05. The van der Waals surface area contributed by atoms with E-state index in [9.17, 15) is 10.2 Å². The molecule has 12 heavy (non-hydrogen) atoms. The van der Waals surface area contributed by atoms with E-state index in [1.165, 1.54) is 13.2 Å². The Labute approximate surface area is 84.1 Å². The third kappa shape index (κ3) is 2.01. The molecule has 0 fully saturated rings. The Morgan fingerprint density at radius 3 is 2.67 bits per heavy atom. The number of alkyl halides is 1.